The molecule has 0 fully saturated rings. The largest absolute Gasteiger partial charge is 0.345 e. The first-order valence-electron chi connectivity index (χ1n) is 6.10. The summed E-state index contributed by atoms with van der Waals surface area (Å²) in [5.41, 5.74) is 2.19. The minimum absolute atomic E-state index is 0.0107. The molecular formula is C16H15NO2. The number of ketones is 1. The average Bonchev–Trinajstić information content (AvgIpc) is 2.45. The first-order chi connectivity index (χ1) is 9.16. The first kappa shape index (κ1) is 13.0. The highest BCUT2D eigenvalue weighted by atomic mass is 16.2. The number of Topliss-reactive ketones (excluding diaryl/α,β-unsaturated/α-hetero) is 1. The minimum Gasteiger partial charge on any atom is -0.345 e. The maximum atomic E-state index is 11.9. The third-order valence-electron chi connectivity index (χ3n) is 2.79. The number of hydrogen-bond donors (Lipinski definition) is 1. The standard InChI is InChI=1S/C16H15NO2/c1-12-6-5-9-14(10-12)16(19)17-11-15(18)13-7-3-2-4-8-13/h2-10H,11H2,1H3,(H,17,19). The van der Waals surface area contributed by atoms with Crippen LogP contribution >= 0.6 is 0 Å². The van der Waals surface area contributed by atoms with Crippen LogP contribution in [0.5, 0.6) is 0 Å². The van der Waals surface area contributed by atoms with Crippen molar-refractivity contribution in [1.29, 1.82) is 0 Å². The second kappa shape index (κ2) is 5.96. The fourth-order valence-electron chi connectivity index (χ4n) is 1.78. The summed E-state index contributed by atoms with van der Waals surface area (Å²) in [6, 6.07) is 16.2. The van der Waals surface area contributed by atoms with Crippen LogP contribution in [0.3, 0.4) is 0 Å². The van der Waals surface area contributed by atoms with E-state index in [1.165, 1.54) is 0 Å². The van der Waals surface area contributed by atoms with Crippen molar-refractivity contribution in [2.45, 2.75) is 6.92 Å². The van der Waals surface area contributed by atoms with E-state index in [1.54, 1.807) is 36.4 Å². The van der Waals surface area contributed by atoms with Crippen LogP contribution in [0.4, 0.5) is 0 Å². The van der Waals surface area contributed by atoms with Crippen molar-refractivity contribution < 1.29 is 9.59 Å². The molecule has 19 heavy (non-hydrogen) atoms. The lowest BCUT2D eigenvalue weighted by molar-refractivity contribution is 0.0904. The number of nitrogens with one attached hydrogen (secondary N) is 1. The van der Waals surface area contributed by atoms with Gasteiger partial charge in [-0.1, -0.05) is 48.0 Å². The Morgan fingerprint density at radius 3 is 2.32 bits per heavy atom. The summed E-state index contributed by atoms with van der Waals surface area (Å²) in [6.07, 6.45) is 0. The molecule has 0 aliphatic carbocycles. The fraction of sp³-hybridized carbons (Fsp3) is 0.125. The molecular weight excluding hydrogens is 238 g/mol. The smallest absolute Gasteiger partial charge is 0.251 e. The number of benzene rings is 2. The Bertz CT molecular complexity index is 591. The first-order valence-corrected chi connectivity index (χ1v) is 6.10. The van der Waals surface area contributed by atoms with Crippen LogP contribution in [0.1, 0.15) is 26.3 Å². The summed E-state index contributed by atoms with van der Waals surface area (Å²) >= 11 is 0. The van der Waals surface area contributed by atoms with Crippen molar-refractivity contribution in [3.8, 4) is 0 Å². The maximum Gasteiger partial charge on any atom is 0.251 e. The van der Waals surface area contributed by atoms with Gasteiger partial charge in [0.05, 0.1) is 6.54 Å². The van der Waals surface area contributed by atoms with Crippen LogP contribution in [0.2, 0.25) is 0 Å². The molecule has 0 heterocycles. The molecule has 3 nitrogen and oxygen atoms in total. The van der Waals surface area contributed by atoms with E-state index >= 15 is 0 Å². The van der Waals surface area contributed by atoms with Gasteiger partial charge in [0.2, 0.25) is 0 Å². The third kappa shape index (κ3) is 3.52. The second-order valence-electron chi connectivity index (χ2n) is 4.34. The van der Waals surface area contributed by atoms with E-state index in [2.05, 4.69) is 5.32 Å². The van der Waals surface area contributed by atoms with Gasteiger partial charge in [-0.05, 0) is 19.1 Å². The summed E-state index contributed by atoms with van der Waals surface area (Å²) in [6.45, 7) is 1.93. The van der Waals surface area contributed by atoms with Gasteiger partial charge in [0.25, 0.3) is 5.91 Å². The van der Waals surface area contributed by atoms with Crippen LogP contribution in [-0.4, -0.2) is 18.2 Å². The molecule has 0 aromatic heterocycles. The zero-order valence-electron chi connectivity index (χ0n) is 10.7. The predicted octanol–water partition coefficient (Wildman–Crippen LogP) is 2.61. The lowest BCUT2D eigenvalue weighted by atomic mass is 10.1. The lowest BCUT2D eigenvalue weighted by Crippen LogP contribution is -2.29. The van der Waals surface area contributed by atoms with Gasteiger partial charge in [-0.25, -0.2) is 0 Å². The van der Waals surface area contributed by atoms with Gasteiger partial charge in [-0.15, -0.1) is 0 Å². The summed E-state index contributed by atoms with van der Waals surface area (Å²) in [5.74, 6) is -0.324. The van der Waals surface area contributed by atoms with Crippen molar-refractivity contribution in [1.82, 2.24) is 5.32 Å². The van der Waals surface area contributed by atoms with E-state index in [0.29, 0.717) is 11.1 Å². The Hall–Kier alpha value is -2.42. The van der Waals surface area contributed by atoms with Gasteiger partial charge in [-0.3, -0.25) is 9.59 Å². The van der Waals surface area contributed by atoms with Crippen molar-refractivity contribution in [3.63, 3.8) is 0 Å². The molecule has 0 bridgehead atoms. The van der Waals surface area contributed by atoms with Crippen molar-refractivity contribution in [2.24, 2.45) is 0 Å². The van der Waals surface area contributed by atoms with E-state index < -0.39 is 0 Å². The van der Waals surface area contributed by atoms with Gasteiger partial charge < -0.3 is 5.32 Å². The van der Waals surface area contributed by atoms with Crippen LogP contribution in [-0.2, 0) is 0 Å². The van der Waals surface area contributed by atoms with Gasteiger partial charge >= 0.3 is 0 Å². The number of carbonyl (C=O) groups is 2. The Morgan fingerprint density at radius 1 is 0.947 bits per heavy atom. The van der Waals surface area contributed by atoms with Gasteiger partial charge in [0.1, 0.15) is 0 Å². The van der Waals surface area contributed by atoms with Crippen LogP contribution in [0, 0.1) is 6.92 Å². The van der Waals surface area contributed by atoms with E-state index in [9.17, 15) is 9.59 Å². The molecule has 0 saturated carbocycles. The SMILES string of the molecule is Cc1cccc(C(=O)NCC(=O)c2ccccc2)c1. The van der Waals surface area contributed by atoms with Crippen LogP contribution in [0.25, 0.3) is 0 Å². The topological polar surface area (TPSA) is 46.2 Å². The number of carbonyl (C=O) groups excluding carboxylic acids is 2. The van der Waals surface area contributed by atoms with Crippen molar-refractivity contribution in [3.05, 3.63) is 71.3 Å². The number of amides is 1. The molecule has 0 spiro atoms. The zero-order chi connectivity index (χ0) is 13.7. The van der Waals surface area contributed by atoms with Crippen molar-refractivity contribution >= 4 is 11.7 Å². The Labute approximate surface area is 112 Å². The highest BCUT2D eigenvalue weighted by molar-refractivity contribution is 6.02. The van der Waals surface area contributed by atoms with Gasteiger partial charge in [0.15, 0.2) is 5.78 Å². The summed E-state index contributed by atoms with van der Waals surface area (Å²) < 4.78 is 0. The molecule has 2 rings (SSSR count). The highest BCUT2D eigenvalue weighted by Gasteiger charge is 2.09. The minimum atomic E-state index is -0.229. The molecule has 0 saturated heterocycles. The summed E-state index contributed by atoms with van der Waals surface area (Å²) in [5, 5.41) is 2.64. The Kier molecular flexibility index (Phi) is 4.08. The monoisotopic (exact) mass is 253 g/mol. The molecule has 0 atom stereocenters. The van der Waals surface area contributed by atoms with Crippen LogP contribution in [0.15, 0.2) is 54.6 Å². The molecule has 1 amide bonds. The molecule has 3 heteroatoms. The van der Waals surface area contributed by atoms with E-state index in [1.807, 2.05) is 25.1 Å². The van der Waals surface area contributed by atoms with E-state index in [0.717, 1.165) is 5.56 Å². The molecule has 0 unspecified atom stereocenters. The number of aryl methyl sites for hydroxylation is 1. The highest BCUT2D eigenvalue weighted by Crippen LogP contribution is 2.04. The molecule has 96 valence electrons. The van der Waals surface area contributed by atoms with E-state index in [-0.39, 0.29) is 18.2 Å². The third-order valence-corrected chi connectivity index (χ3v) is 2.79. The molecule has 0 aliphatic rings. The zero-order valence-corrected chi connectivity index (χ0v) is 10.7. The van der Waals surface area contributed by atoms with Crippen molar-refractivity contribution in [2.75, 3.05) is 6.54 Å². The predicted molar refractivity (Wildman–Crippen MR) is 74.3 cm³/mol. The normalized spacial score (nSPS) is 9.95. The number of rotatable bonds is 4. The molecule has 1 N–H and O–H groups in total. The quantitative estimate of drug-likeness (QED) is 0.851. The van der Waals surface area contributed by atoms with Gasteiger partial charge in [-0.2, -0.15) is 0 Å². The summed E-state index contributed by atoms with van der Waals surface area (Å²) in [7, 11) is 0. The second-order valence-corrected chi connectivity index (χ2v) is 4.34. The fourth-order valence-corrected chi connectivity index (χ4v) is 1.78. The van der Waals surface area contributed by atoms with E-state index in [4.69, 9.17) is 0 Å². The number of hydrogen-bond acceptors (Lipinski definition) is 2. The molecule has 2 aromatic carbocycles. The van der Waals surface area contributed by atoms with Crippen LogP contribution < -0.4 is 5.32 Å². The Morgan fingerprint density at radius 2 is 1.63 bits per heavy atom. The Balaban J connectivity index is 1.96. The molecule has 2 aromatic rings. The molecule has 0 aliphatic heterocycles. The molecule has 0 radical (unpaired) electrons. The lowest BCUT2D eigenvalue weighted by Gasteiger charge is -2.05. The van der Waals surface area contributed by atoms with Gasteiger partial charge in [0, 0.05) is 11.1 Å². The average molecular weight is 253 g/mol. The maximum absolute atomic E-state index is 11.9. The summed E-state index contributed by atoms with van der Waals surface area (Å²) in [4.78, 5) is 23.7.